The number of carbonyl (C=O) groups is 1. The normalized spacial score (nSPS) is 10.3. The molecule has 2 rings (SSSR count). The largest absolute Gasteiger partial charge is 0.491 e. The lowest BCUT2D eigenvalue weighted by Gasteiger charge is -2.08. The van der Waals surface area contributed by atoms with Crippen molar-refractivity contribution >= 4 is 11.6 Å². The first kappa shape index (κ1) is 15.9. The third kappa shape index (κ3) is 4.54. The summed E-state index contributed by atoms with van der Waals surface area (Å²) in [6.45, 7) is 1.32. The minimum Gasteiger partial charge on any atom is -0.491 e. The zero-order valence-electron chi connectivity index (χ0n) is 12.4. The zero-order chi connectivity index (χ0) is 15.8. The molecule has 0 radical (unpaired) electrons. The number of aromatic nitrogens is 1. The maximum atomic E-state index is 12.2. The van der Waals surface area contributed by atoms with Crippen molar-refractivity contribution in [3.8, 4) is 5.75 Å². The van der Waals surface area contributed by atoms with Gasteiger partial charge in [-0.3, -0.25) is 9.78 Å². The van der Waals surface area contributed by atoms with Crippen LogP contribution < -0.4 is 15.8 Å². The first-order chi connectivity index (χ1) is 10.7. The maximum absolute atomic E-state index is 12.2. The molecule has 0 unspecified atom stereocenters. The fourth-order valence-electron chi connectivity index (χ4n) is 1.81. The number of anilines is 1. The van der Waals surface area contributed by atoms with Crippen LogP contribution in [0.5, 0.6) is 5.75 Å². The molecule has 0 bridgehead atoms. The number of hydrogen-bond donors (Lipinski definition) is 2. The van der Waals surface area contributed by atoms with Gasteiger partial charge in [-0.1, -0.05) is 0 Å². The van der Waals surface area contributed by atoms with Crippen LogP contribution in [-0.2, 0) is 11.3 Å². The predicted molar refractivity (Wildman–Crippen MR) is 83.9 cm³/mol. The van der Waals surface area contributed by atoms with Crippen LogP contribution in [0.25, 0.3) is 0 Å². The Morgan fingerprint density at radius 1 is 1.23 bits per heavy atom. The standard InChI is InChI=1S/C16H19N3O3/c1-21-8-9-22-15-4-2-13(3-5-15)19-16(20)12-6-7-18-14(10-12)11-17/h2-7,10H,8-9,11,17H2,1H3,(H,19,20). The van der Waals surface area contributed by atoms with Crippen LogP contribution in [0, 0.1) is 0 Å². The highest BCUT2D eigenvalue weighted by Crippen LogP contribution is 2.16. The lowest BCUT2D eigenvalue weighted by Crippen LogP contribution is -2.13. The molecule has 0 spiro atoms. The molecule has 0 aliphatic rings. The second kappa shape index (κ2) is 8.11. The van der Waals surface area contributed by atoms with Crippen molar-refractivity contribution in [2.45, 2.75) is 6.54 Å². The Hall–Kier alpha value is -2.44. The molecule has 2 aromatic rings. The topological polar surface area (TPSA) is 86.5 Å². The van der Waals surface area contributed by atoms with Crippen LogP contribution in [0.15, 0.2) is 42.6 Å². The number of pyridine rings is 1. The number of nitrogens with two attached hydrogens (primary N) is 1. The van der Waals surface area contributed by atoms with Crippen LogP contribution in [0.1, 0.15) is 16.1 Å². The highest BCUT2D eigenvalue weighted by atomic mass is 16.5. The Morgan fingerprint density at radius 3 is 2.68 bits per heavy atom. The van der Waals surface area contributed by atoms with E-state index in [2.05, 4.69) is 10.3 Å². The quantitative estimate of drug-likeness (QED) is 0.762. The summed E-state index contributed by atoms with van der Waals surface area (Å²) in [5.41, 5.74) is 7.41. The van der Waals surface area contributed by atoms with E-state index in [9.17, 15) is 4.79 Å². The summed E-state index contributed by atoms with van der Waals surface area (Å²) in [7, 11) is 1.62. The predicted octanol–water partition coefficient (Wildman–Crippen LogP) is 1.82. The van der Waals surface area contributed by atoms with Gasteiger partial charge in [0.05, 0.1) is 12.3 Å². The molecule has 0 saturated carbocycles. The van der Waals surface area contributed by atoms with Crippen molar-refractivity contribution in [3.63, 3.8) is 0 Å². The van der Waals surface area contributed by atoms with Crippen LogP contribution >= 0.6 is 0 Å². The first-order valence-corrected chi connectivity index (χ1v) is 6.91. The van der Waals surface area contributed by atoms with Crippen molar-refractivity contribution in [3.05, 3.63) is 53.9 Å². The Morgan fingerprint density at radius 2 is 2.00 bits per heavy atom. The molecule has 1 aromatic carbocycles. The molecule has 116 valence electrons. The van der Waals surface area contributed by atoms with Gasteiger partial charge in [0.15, 0.2) is 0 Å². The fourth-order valence-corrected chi connectivity index (χ4v) is 1.81. The van der Waals surface area contributed by atoms with Gasteiger partial charge in [-0.25, -0.2) is 0 Å². The van der Waals surface area contributed by atoms with Crippen molar-refractivity contribution < 1.29 is 14.3 Å². The Balaban J connectivity index is 1.96. The molecular weight excluding hydrogens is 282 g/mol. The van der Waals surface area contributed by atoms with E-state index in [0.717, 1.165) is 5.75 Å². The van der Waals surface area contributed by atoms with Crippen molar-refractivity contribution in [1.82, 2.24) is 4.98 Å². The molecule has 6 heteroatoms. The smallest absolute Gasteiger partial charge is 0.255 e. The van der Waals surface area contributed by atoms with E-state index in [1.807, 2.05) is 0 Å². The van der Waals surface area contributed by atoms with Gasteiger partial charge in [0.25, 0.3) is 5.91 Å². The Bertz CT molecular complexity index is 614. The molecule has 1 heterocycles. The van der Waals surface area contributed by atoms with Crippen molar-refractivity contribution in [1.29, 1.82) is 0 Å². The molecule has 3 N–H and O–H groups in total. The first-order valence-electron chi connectivity index (χ1n) is 6.91. The van der Waals surface area contributed by atoms with E-state index in [0.29, 0.717) is 36.7 Å². The molecule has 1 amide bonds. The van der Waals surface area contributed by atoms with E-state index in [-0.39, 0.29) is 5.91 Å². The highest BCUT2D eigenvalue weighted by molar-refractivity contribution is 6.04. The monoisotopic (exact) mass is 301 g/mol. The molecule has 0 aliphatic carbocycles. The second-order valence-electron chi connectivity index (χ2n) is 4.56. The SMILES string of the molecule is COCCOc1ccc(NC(=O)c2ccnc(CN)c2)cc1. The second-order valence-corrected chi connectivity index (χ2v) is 4.56. The average Bonchev–Trinajstić information content (AvgIpc) is 2.56. The molecule has 22 heavy (non-hydrogen) atoms. The van der Waals surface area contributed by atoms with Crippen LogP contribution in [-0.4, -0.2) is 31.2 Å². The summed E-state index contributed by atoms with van der Waals surface area (Å²) in [6, 6.07) is 10.5. The summed E-state index contributed by atoms with van der Waals surface area (Å²) in [6.07, 6.45) is 1.57. The van der Waals surface area contributed by atoms with Crippen LogP contribution in [0.4, 0.5) is 5.69 Å². The zero-order valence-corrected chi connectivity index (χ0v) is 12.4. The third-order valence-corrected chi connectivity index (χ3v) is 2.96. The van der Waals surface area contributed by atoms with Gasteiger partial charge in [0, 0.05) is 31.1 Å². The third-order valence-electron chi connectivity index (χ3n) is 2.96. The summed E-state index contributed by atoms with van der Waals surface area (Å²) in [5, 5.41) is 2.82. The van der Waals surface area contributed by atoms with E-state index in [1.54, 1.807) is 49.7 Å². The Labute approximate surface area is 129 Å². The number of methoxy groups -OCH3 is 1. The lowest BCUT2D eigenvalue weighted by molar-refractivity contribution is 0.102. The van der Waals surface area contributed by atoms with Gasteiger partial charge in [0.1, 0.15) is 12.4 Å². The van der Waals surface area contributed by atoms with E-state index >= 15 is 0 Å². The van der Waals surface area contributed by atoms with Gasteiger partial charge >= 0.3 is 0 Å². The van der Waals surface area contributed by atoms with Gasteiger partial charge in [-0.2, -0.15) is 0 Å². The minimum absolute atomic E-state index is 0.204. The van der Waals surface area contributed by atoms with Crippen LogP contribution in [0.3, 0.4) is 0 Å². The highest BCUT2D eigenvalue weighted by Gasteiger charge is 2.07. The minimum atomic E-state index is -0.204. The van der Waals surface area contributed by atoms with Crippen molar-refractivity contribution in [2.24, 2.45) is 5.73 Å². The number of nitrogens with one attached hydrogen (secondary N) is 1. The number of nitrogens with zero attached hydrogens (tertiary/aromatic N) is 1. The Kier molecular flexibility index (Phi) is 5.88. The molecule has 1 aromatic heterocycles. The summed E-state index contributed by atoms with van der Waals surface area (Å²) < 4.78 is 10.4. The van der Waals surface area contributed by atoms with Gasteiger partial charge < -0.3 is 20.5 Å². The average molecular weight is 301 g/mol. The molecule has 6 nitrogen and oxygen atoms in total. The van der Waals surface area contributed by atoms with Gasteiger partial charge in [0.2, 0.25) is 0 Å². The molecule has 0 saturated heterocycles. The summed E-state index contributed by atoms with van der Waals surface area (Å²) in [4.78, 5) is 16.2. The fraction of sp³-hybridized carbons (Fsp3) is 0.250. The van der Waals surface area contributed by atoms with Crippen LogP contribution in [0.2, 0.25) is 0 Å². The number of amides is 1. The van der Waals surface area contributed by atoms with Crippen molar-refractivity contribution in [2.75, 3.05) is 25.6 Å². The maximum Gasteiger partial charge on any atom is 0.255 e. The molecule has 0 aliphatic heterocycles. The van der Waals surface area contributed by atoms with E-state index in [4.69, 9.17) is 15.2 Å². The summed E-state index contributed by atoms with van der Waals surface area (Å²) in [5.74, 6) is 0.523. The van der Waals surface area contributed by atoms with Gasteiger partial charge in [-0.05, 0) is 36.4 Å². The number of benzene rings is 1. The lowest BCUT2D eigenvalue weighted by atomic mass is 10.2. The number of ether oxygens (including phenoxy) is 2. The molecule has 0 fully saturated rings. The van der Waals surface area contributed by atoms with E-state index in [1.165, 1.54) is 0 Å². The van der Waals surface area contributed by atoms with E-state index < -0.39 is 0 Å². The number of rotatable bonds is 7. The van der Waals surface area contributed by atoms with Gasteiger partial charge in [-0.15, -0.1) is 0 Å². The summed E-state index contributed by atoms with van der Waals surface area (Å²) >= 11 is 0. The molecular formula is C16H19N3O3. The number of carbonyl (C=O) groups excluding carboxylic acids is 1. The number of hydrogen-bond acceptors (Lipinski definition) is 5. The molecule has 0 atom stereocenters.